The molecule has 164 valence electrons. The maximum absolute atomic E-state index is 11.7. The molecule has 0 bridgehead atoms. The van der Waals surface area contributed by atoms with Gasteiger partial charge >= 0.3 is 0 Å². The number of hydrogen-bond acceptors (Lipinski definition) is 3. The van der Waals surface area contributed by atoms with Crippen LogP contribution in [0.2, 0.25) is 0 Å². The maximum Gasteiger partial charge on any atom is 0.211 e. The van der Waals surface area contributed by atoms with Crippen molar-refractivity contribution < 1.29 is 8.42 Å². The van der Waals surface area contributed by atoms with Crippen LogP contribution in [0.4, 0.5) is 0 Å². The molecule has 1 heterocycles. The Hall–Kier alpha value is -1.60. The topological polar surface area (TPSA) is 73.8 Å². The lowest BCUT2D eigenvalue weighted by molar-refractivity contribution is 0.280. The molecule has 0 aromatic heterocycles. The monoisotopic (exact) mass is 422 g/mol. The number of piperidine rings is 1. The minimum absolute atomic E-state index is 0.160. The predicted molar refractivity (Wildman–Crippen MR) is 122 cm³/mol. The van der Waals surface area contributed by atoms with Crippen LogP contribution in [0, 0.1) is 11.8 Å². The Balaban J connectivity index is 1.91. The van der Waals surface area contributed by atoms with E-state index in [1.54, 1.807) is 4.31 Å². The highest BCUT2D eigenvalue weighted by molar-refractivity contribution is 7.88. The molecule has 1 aromatic carbocycles. The molecular formula is C22H38N4O2S. The molecule has 29 heavy (non-hydrogen) atoms. The van der Waals surface area contributed by atoms with Gasteiger partial charge in [0.05, 0.1) is 12.3 Å². The molecule has 0 spiro atoms. The van der Waals surface area contributed by atoms with Gasteiger partial charge in [-0.05, 0) is 56.1 Å². The summed E-state index contributed by atoms with van der Waals surface area (Å²) in [7, 11) is -3.07. The Bertz CT molecular complexity index is 752. The van der Waals surface area contributed by atoms with Crippen LogP contribution in [0.1, 0.15) is 57.7 Å². The van der Waals surface area contributed by atoms with E-state index in [0.29, 0.717) is 31.5 Å². The van der Waals surface area contributed by atoms with Crippen LogP contribution < -0.4 is 10.6 Å². The lowest BCUT2D eigenvalue weighted by Gasteiger charge is -2.29. The van der Waals surface area contributed by atoms with E-state index in [4.69, 9.17) is 4.99 Å². The van der Waals surface area contributed by atoms with Crippen LogP contribution in [0.25, 0.3) is 0 Å². The van der Waals surface area contributed by atoms with E-state index in [9.17, 15) is 8.42 Å². The molecule has 1 aliphatic heterocycles. The van der Waals surface area contributed by atoms with Crippen LogP contribution in [0.3, 0.4) is 0 Å². The molecule has 0 aliphatic carbocycles. The molecule has 1 unspecified atom stereocenters. The molecule has 1 fully saturated rings. The summed E-state index contributed by atoms with van der Waals surface area (Å²) >= 11 is 0. The largest absolute Gasteiger partial charge is 0.357 e. The van der Waals surface area contributed by atoms with Gasteiger partial charge in [0.2, 0.25) is 10.0 Å². The fraction of sp³-hybridized carbons (Fsp3) is 0.682. The van der Waals surface area contributed by atoms with E-state index >= 15 is 0 Å². The Morgan fingerprint density at radius 1 is 1.17 bits per heavy atom. The van der Waals surface area contributed by atoms with Crippen molar-refractivity contribution in [3.63, 3.8) is 0 Å². The summed E-state index contributed by atoms with van der Waals surface area (Å²) in [6, 6.07) is 8.98. The smallest absolute Gasteiger partial charge is 0.211 e. The van der Waals surface area contributed by atoms with Gasteiger partial charge in [-0.1, -0.05) is 38.1 Å². The number of rotatable bonds is 8. The molecule has 2 rings (SSSR count). The van der Waals surface area contributed by atoms with Crippen molar-refractivity contribution >= 4 is 16.0 Å². The minimum Gasteiger partial charge on any atom is -0.357 e. The number of nitrogens with zero attached hydrogens (tertiary/aromatic N) is 2. The fourth-order valence-electron chi connectivity index (χ4n) is 3.67. The van der Waals surface area contributed by atoms with E-state index in [1.807, 2.05) is 0 Å². The van der Waals surface area contributed by atoms with Gasteiger partial charge < -0.3 is 10.6 Å². The first kappa shape index (κ1) is 23.7. The number of hydrogen-bond donors (Lipinski definition) is 2. The summed E-state index contributed by atoms with van der Waals surface area (Å²) < 4.78 is 24.9. The lowest BCUT2D eigenvalue weighted by Crippen LogP contribution is -2.40. The molecule has 1 aliphatic rings. The van der Waals surface area contributed by atoms with Gasteiger partial charge in [-0.15, -0.1) is 0 Å². The molecule has 7 heteroatoms. The molecule has 6 nitrogen and oxygen atoms in total. The lowest BCUT2D eigenvalue weighted by atomic mass is 9.98. The maximum atomic E-state index is 11.7. The van der Waals surface area contributed by atoms with E-state index in [0.717, 1.165) is 31.8 Å². The van der Waals surface area contributed by atoms with Gasteiger partial charge in [0.1, 0.15) is 0 Å². The van der Waals surface area contributed by atoms with Crippen LogP contribution >= 0.6 is 0 Å². The average molecular weight is 423 g/mol. The first-order chi connectivity index (χ1) is 13.7. The molecule has 2 N–H and O–H groups in total. The van der Waals surface area contributed by atoms with Gasteiger partial charge in [-0.2, -0.15) is 0 Å². The van der Waals surface area contributed by atoms with Gasteiger partial charge in [-0.25, -0.2) is 12.7 Å². The quantitative estimate of drug-likeness (QED) is 0.498. The van der Waals surface area contributed by atoms with E-state index in [2.05, 4.69) is 62.6 Å². The van der Waals surface area contributed by atoms with Crippen molar-refractivity contribution in [2.75, 3.05) is 32.4 Å². The molecule has 0 amide bonds. The minimum atomic E-state index is -3.07. The molecule has 1 atom stereocenters. The van der Waals surface area contributed by atoms with Crippen molar-refractivity contribution in [2.24, 2.45) is 16.8 Å². The van der Waals surface area contributed by atoms with Crippen LogP contribution in [0.5, 0.6) is 0 Å². The highest BCUT2D eigenvalue weighted by Gasteiger charge is 2.24. The van der Waals surface area contributed by atoms with E-state index in [1.165, 1.54) is 17.4 Å². The third kappa shape index (κ3) is 7.97. The third-order valence-electron chi connectivity index (χ3n) is 5.37. The second kappa shape index (κ2) is 11.0. The second-order valence-electron chi connectivity index (χ2n) is 8.53. The van der Waals surface area contributed by atoms with E-state index in [-0.39, 0.29) is 6.04 Å². The number of nitrogens with one attached hydrogen (secondary N) is 2. The van der Waals surface area contributed by atoms with Crippen molar-refractivity contribution in [3.8, 4) is 0 Å². The van der Waals surface area contributed by atoms with Crippen LogP contribution in [-0.4, -0.2) is 51.1 Å². The number of sulfonamides is 1. The van der Waals surface area contributed by atoms with Gasteiger partial charge in [0.25, 0.3) is 0 Å². The summed E-state index contributed by atoms with van der Waals surface area (Å²) in [4.78, 5) is 4.77. The molecule has 1 saturated heterocycles. The van der Waals surface area contributed by atoms with Crippen molar-refractivity contribution in [3.05, 3.63) is 35.4 Å². The zero-order valence-electron chi connectivity index (χ0n) is 18.6. The molecule has 0 radical (unpaired) electrons. The van der Waals surface area contributed by atoms with Crippen molar-refractivity contribution in [1.29, 1.82) is 0 Å². The summed E-state index contributed by atoms with van der Waals surface area (Å²) in [6.07, 6.45) is 4.12. The Kier molecular flexibility index (Phi) is 8.96. The number of aliphatic imine (C=N–C) groups is 1. The Morgan fingerprint density at radius 2 is 1.79 bits per heavy atom. The normalized spacial score (nSPS) is 18.1. The standard InChI is InChI=1S/C22H38N4O2S/c1-6-23-22(24-16-20-11-13-26(14-12-20)29(5,27)28)25-18(4)21-9-7-19(8-10-21)15-17(2)3/h7-10,17-18,20H,6,11-16H2,1-5H3,(H2,23,24,25). The van der Waals surface area contributed by atoms with Crippen molar-refractivity contribution in [2.45, 2.75) is 53.0 Å². The molecule has 0 saturated carbocycles. The summed E-state index contributed by atoms with van der Waals surface area (Å²) in [6.45, 7) is 11.4. The summed E-state index contributed by atoms with van der Waals surface area (Å²) in [5.74, 6) is 1.90. The number of benzene rings is 1. The highest BCUT2D eigenvalue weighted by Crippen LogP contribution is 2.20. The fourth-order valence-corrected chi connectivity index (χ4v) is 4.54. The molecule has 1 aromatic rings. The van der Waals surface area contributed by atoms with E-state index < -0.39 is 10.0 Å². The SMILES string of the molecule is CCNC(=NCC1CCN(S(C)(=O)=O)CC1)NC(C)c1ccc(CC(C)C)cc1. The van der Waals surface area contributed by atoms with Crippen LogP contribution in [0.15, 0.2) is 29.3 Å². The summed E-state index contributed by atoms with van der Waals surface area (Å²) in [5, 5.41) is 6.83. The summed E-state index contributed by atoms with van der Waals surface area (Å²) in [5.41, 5.74) is 2.61. The van der Waals surface area contributed by atoms with Gasteiger partial charge in [0.15, 0.2) is 5.96 Å². The Labute approximate surface area is 177 Å². The van der Waals surface area contributed by atoms with Gasteiger partial charge in [0, 0.05) is 26.2 Å². The number of guanidine groups is 1. The zero-order valence-corrected chi connectivity index (χ0v) is 19.4. The third-order valence-corrected chi connectivity index (χ3v) is 6.67. The predicted octanol–water partition coefficient (Wildman–Crippen LogP) is 3.17. The Morgan fingerprint density at radius 3 is 2.31 bits per heavy atom. The average Bonchev–Trinajstić information content (AvgIpc) is 2.66. The van der Waals surface area contributed by atoms with Gasteiger partial charge in [-0.3, -0.25) is 4.99 Å². The van der Waals surface area contributed by atoms with Crippen molar-refractivity contribution in [1.82, 2.24) is 14.9 Å². The first-order valence-corrected chi connectivity index (χ1v) is 12.6. The highest BCUT2D eigenvalue weighted by atomic mass is 32.2. The second-order valence-corrected chi connectivity index (χ2v) is 10.5. The zero-order chi connectivity index (χ0) is 21.4. The molecular weight excluding hydrogens is 384 g/mol. The van der Waals surface area contributed by atoms with Crippen LogP contribution in [-0.2, 0) is 16.4 Å². The first-order valence-electron chi connectivity index (χ1n) is 10.8.